The highest BCUT2D eigenvalue weighted by Crippen LogP contribution is 2.38. The Labute approximate surface area is 296 Å². The van der Waals surface area contributed by atoms with Gasteiger partial charge in [-0.1, -0.05) is 48.5 Å². The summed E-state index contributed by atoms with van der Waals surface area (Å²) in [6, 6.07) is 15.1. The Morgan fingerprint density at radius 1 is 0.745 bits per heavy atom. The van der Waals surface area contributed by atoms with Crippen LogP contribution in [0.5, 0.6) is 0 Å². The van der Waals surface area contributed by atoms with Crippen molar-refractivity contribution in [3.05, 3.63) is 72.6 Å². The van der Waals surface area contributed by atoms with E-state index in [1.165, 1.54) is 14.0 Å². The van der Waals surface area contributed by atoms with E-state index in [-0.39, 0.29) is 36.0 Å². The maximum absolute atomic E-state index is 13.3. The van der Waals surface area contributed by atoms with E-state index in [0.717, 1.165) is 59.3 Å². The van der Waals surface area contributed by atoms with Crippen LogP contribution in [0.15, 0.2) is 60.9 Å². The quantitative estimate of drug-likeness (QED) is 0.177. The van der Waals surface area contributed by atoms with Crippen LogP contribution in [-0.2, 0) is 19.1 Å². The summed E-state index contributed by atoms with van der Waals surface area (Å²) in [6.45, 7) is 7.16. The molecule has 0 aliphatic carbocycles. The van der Waals surface area contributed by atoms with Crippen LogP contribution in [0, 0.1) is 0 Å². The molecule has 0 spiro atoms. The van der Waals surface area contributed by atoms with E-state index in [1.54, 1.807) is 29.1 Å². The third-order valence-corrected chi connectivity index (χ3v) is 9.92. The summed E-state index contributed by atoms with van der Waals surface area (Å²) < 4.78 is 9.61. The first kappa shape index (κ1) is 35.2. The first-order valence-corrected chi connectivity index (χ1v) is 17.2. The number of hydrogen-bond acceptors (Lipinski definition) is 8. The lowest BCUT2D eigenvalue weighted by molar-refractivity contribution is -0.142. The van der Waals surface area contributed by atoms with E-state index in [9.17, 15) is 19.2 Å². The van der Waals surface area contributed by atoms with Crippen LogP contribution in [0.3, 0.4) is 0 Å². The fourth-order valence-electron chi connectivity index (χ4n) is 7.19. The van der Waals surface area contributed by atoms with Crippen molar-refractivity contribution >= 4 is 24.0 Å². The molecule has 2 aliphatic rings. The zero-order valence-electron chi connectivity index (χ0n) is 29.4. The van der Waals surface area contributed by atoms with Crippen molar-refractivity contribution in [2.45, 2.75) is 89.7 Å². The number of ether oxygens (including phenoxy) is 2. The van der Waals surface area contributed by atoms with Crippen molar-refractivity contribution < 1.29 is 28.7 Å². The van der Waals surface area contributed by atoms with Crippen LogP contribution in [0.1, 0.15) is 77.1 Å². The molecule has 268 valence electrons. The van der Waals surface area contributed by atoms with Crippen LogP contribution >= 0.6 is 0 Å². The van der Waals surface area contributed by atoms with E-state index in [0.29, 0.717) is 11.6 Å². The van der Waals surface area contributed by atoms with Crippen molar-refractivity contribution in [2.24, 2.45) is 5.73 Å². The molecule has 14 nitrogen and oxygen atoms in total. The molecule has 51 heavy (non-hydrogen) atoms. The molecule has 0 unspecified atom stereocenters. The minimum atomic E-state index is -0.981. The molecule has 0 saturated carbocycles. The van der Waals surface area contributed by atoms with E-state index >= 15 is 0 Å². The van der Waals surface area contributed by atoms with E-state index in [2.05, 4.69) is 54.3 Å². The number of primary amides is 1. The maximum Gasteiger partial charge on any atom is 0.407 e. The Morgan fingerprint density at radius 3 is 1.61 bits per heavy atom. The number of carbonyl (C=O) groups is 4. The third kappa shape index (κ3) is 7.30. The molecule has 4 aromatic rings. The molecule has 2 aliphatic heterocycles. The van der Waals surface area contributed by atoms with E-state index in [4.69, 9.17) is 10.5 Å². The summed E-state index contributed by atoms with van der Waals surface area (Å²) in [4.78, 5) is 68.9. The van der Waals surface area contributed by atoms with Gasteiger partial charge in [0, 0.05) is 12.1 Å². The SMILES string of the molecule is COC(=O)N[C@@H](C)C(=O)N1[C@@H](C)CC[C@H]1c1ncc(-c2ccc(-c3ccc(-c4cnc([C@@H]5CC[C@H](C)N5C(=O)[C@H](C)OC(N)=O)[nH]4)cc3)cc2)[nH]1. The lowest BCUT2D eigenvalue weighted by Gasteiger charge is -2.30. The Kier molecular flexibility index (Phi) is 10.1. The summed E-state index contributed by atoms with van der Waals surface area (Å²) in [5, 5.41) is 2.57. The zero-order chi connectivity index (χ0) is 36.4. The molecular weight excluding hydrogens is 652 g/mol. The second-order valence-electron chi connectivity index (χ2n) is 13.3. The number of nitrogens with one attached hydrogen (secondary N) is 3. The van der Waals surface area contributed by atoms with Gasteiger partial charge < -0.3 is 40.3 Å². The van der Waals surface area contributed by atoms with Gasteiger partial charge in [-0.05, 0) is 75.6 Å². The lowest BCUT2D eigenvalue weighted by atomic mass is 10.0. The van der Waals surface area contributed by atoms with Crippen LogP contribution in [-0.4, -0.2) is 85.1 Å². The van der Waals surface area contributed by atoms with Gasteiger partial charge in [-0.15, -0.1) is 0 Å². The van der Waals surface area contributed by atoms with Gasteiger partial charge >= 0.3 is 12.2 Å². The van der Waals surface area contributed by atoms with Crippen LogP contribution in [0.2, 0.25) is 0 Å². The number of benzene rings is 2. The molecule has 2 fully saturated rings. The fourth-order valence-corrected chi connectivity index (χ4v) is 7.19. The normalized spacial score (nSPS) is 21.3. The predicted octanol–water partition coefficient (Wildman–Crippen LogP) is 5.47. The Hall–Kier alpha value is -5.66. The molecule has 2 aromatic heterocycles. The second kappa shape index (κ2) is 14.7. The standard InChI is InChI=1S/C37H44N8O6/c1-20-6-16-30(44(20)34(46)22(3)41-37(49)50-5)32-39-18-28(42-32)26-12-8-24(9-13-26)25-10-14-27(15-11-25)29-19-40-33(43-29)31-17-7-21(2)45(31)35(47)23(4)51-36(38)48/h8-15,18-23,30-31H,6-7,16-17H2,1-5H3,(H2,38,48)(H,39,42)(H,40,43)(H,41,49)/t20-,21-,22-,23-,30-,31-/m0/s1. The number of carbonyl (C=O) groups excluding carboxylic acids is 4. The average Bonchev–Trinajstić information content (AvgIpc) is 3.94. The van der Waals surface area contributed by atoms with Gasteiger partial charge in [0.15, 0.2) is 6.10 Å². The van der Waals surface area contributed by atoms with Crippen LogP contribution in [0.25, 0.3) is 33.6 Å². The Balaban J connectivity index is 1.12. The minimum absolute atomic E-state index is 0.0103. The predicted molar refractivity (Wildman–Crippen MR) is 189 cm³/mol. The number of hydrogen-bond donors (Lipinski definition) is 4. The van der Waals surface area contributed by atoms with Gasteiger partial charge in [0.25, 0.3) is 5.91 Å². The van der Waals surface area contributed by atoms with Gasteiger partial charge in [-0.2, -0.15) is 0 Å². The highest BCUT2D eigenvalue weighted by atomic mass is 16.6. The zero-order valence-corrected chi connectivity index (χ0v) is 29.4. The number of aromatic amines is 2. The molecule has 14 heteroatoms. The molecule has 4 heterocycles. The number of methoxy groups -OCH3 is 1. The van der Waals surface area contributed by atoms with Gasteiger partial charge in [-0.3, -0.25) is 9.59 Å². The largest absolute Gasteiger partial charge is 0.453 e. The lowest BCUT2D eigenvalue weighted by Crippen LogP contribution is -2.48. The number of rotatable bonds is 9. The van der Waals surface area contributed by atoms with E-state index in [1.807, 2.05) is 38.1 Å². The molecule has 2 aromatic carbocycles. The van der Waals surface area contributed by atoms with E-state index < -0.39 is 24.3 Å². The number of aromatic nitrogens is 4. The molecule has 4 amide bonds. The van der Waals surface area contributed by atoms with Crippen LogP contribution in [0.4, 0.5) is 9.59 Å². The van der Waals surface area contributed by atoms with Crippen molar-refractivity contribution in [2.75, 3.05) is 7.11 Å². The highest BCUT2D eigenvalue weighted by molar-refractivity contribution is 5.86. The molecule has 6 atom stereocenters. The first-order chi connectivity index (χ1) is 24.4. The molecule has 0 bridgehead atoms. The summed E-state index contributed by atoms with van der Waals surface area (Å²) >= 11 is 0. The number of H-pyrrole nitrogens is 2. The minimum Gasteiger partial charge on any atom is -0.453 e. The second-order valence-corrected chi connectivity index (χ2v) is 13.3. The van der Waals surface area contributed by atoms with Crippen LogP contribution < -0.4 is 11.1 Å². The smallest absolute Gasteiger partial charge is 0.407 e. The molecule has 2 saturated heterocycles. The summed E-state index contributed by atoms with van der Waals surface area (Å²) in [5.41, 5.74) is 10.8. The number of amides is 4. The first-order valence-electron chi connectivity index (χ1n) is 17.2. The number of imidazole rings is 2. The summed E-state index contributed by atoms with van der Waals surface area (Å²) in [7, 11) is 1.27. The number of nitrogens with two attached hydrogens (primary N) is 1. The monoisotopic (exact) mass is 696 g/mol. The number of likely N-dealkylation sites (tertiary alicyclic amines) is 2. The van der Waals surface area contributed by atoms with Crippen molar-refractivity contribution in [1.82, 2.24) is 35.1 Å². The van der Waals surface area contributed by atoms with Crippen molar-refractivity contribution in [3.63, 3.8) is 0 Å². The average molecular weight is 697 g/mol. The topological polar surface area (TPSA) is 189 Å². The third-order valence-electron chi connectivity index (χ3n) is 9.92. The Bertz CT molecular complexity index is 1890. The van der Waals surface area contributed by atoms with Gasteiger partial charge in [-0.25, -0.2) is 19.6 Å². The van der Waals surface area contributed by atoms with Gasteiger partial charge in [0.2, 0.25) is 5.91 Å². The number of nitrogens with zero attached hydrogens (tertiary/aromatic N) is 4. The summed E-state index contributed by atoms with van der Waals surface area (Å²) in [5.74, 6) is 0.917. The molecule has 5 N–H and O–H groups in total. The van der Waals surface area contributed by atoms with Crippen molar-refractivity contribution in [1.29, 1.82) is 0 Å². The van der Waals surface area contributed by atoms with Crippen molar-refractivity contribution in [3.8, 4) is 33.6 Å². The Morgan fingerprint density at radius 2 is 1.18 bits per heavy atom. The maximum atomic E-state index is 13.3. The molecular formula is C37H44N8O6. The number of alkyl carbamates (subject to hydrolysis) is 1. The molecule has 0 radical (unpaired) electrons. The highest BCUT2D eigenvalue weighted by Gasteiger charge is 2.40. The van der Waals surface area contributed by atoms with Gasteiger partial charge in [0.1, 0.15) is 17.7 Å². The van der Waals surface area contributed by atoms with Gasteiger partial charge in [0.05, 0.1) is 43.0 Å². The fraction of sp³-hybridized carbons (Fsp3) is 0.405. The summed E-state index contributed by atoms with van der Waals surface area (Å²) in [6.07, 6.45) is 4.11. The molecule has 6 rings (SSSR count).